The molecule has 4 rings (SSSR count). The molecule has 13 heteroatoms. The van der Waals surface area contributed by atoms with Gasteiger partial charge in [-0.3, -0.25) is 4.79 Å². The zero-order chi connectivity index (χ0) is 34.1. The van der Waals surface area contributed by atoms with Crippen molar-refractivity contribution in [3.63, 3.8) is 0 Å². The largest absolute Gasteiger partial charge is 0.507 e. The van der Waals surface area contributed by atoms with E-state index >= 15 is 0 Å². The molecule has 0 aromatic heterocycles. The van der Waals surface area contributed by atoms with Crippen LogP contribution in [0.2, 0.25) is 0 Å². The molecule has 1 fully saturated rings. The minimum Gasteiger partial charge on any atom is -0.507 e. The zero-order valence-electron chi connectivity index (χ0n) is 25.8. The summed E-state index contributed by atoms with van der Waals surface area (Å²) in [4.78, 5) is 24.7. The van der Waals surface area contributed by atoms with E-state index in [0.29, 0.717) is 11.5 Å². The van der Waals surface area contributed by atoms with Crippen LogP contribution in [0.3, 0.4) is 0 Å². The van der Waals surface area contributed by atoms with E-state index in [-0.39, 0.29) is 25.2 Å². The number of phenols is 1. The summed E-state index contributed by atoms with van der Waals surface area (Å²) in [6, 6.07) is 11.0. The Morgan fingerprint density at radius 2 is 1.43 bits per heavy atom. The lowest BCUT2D eigenvalue weighted by Gasteiger charge is -2.28. The van der Waals surface area contributed by atoms with E-state index in [4.69, 9.17) is 0 Å². The first-order valence-corrected chi connectivity index (χ1v) is 16.2. The number of carboxylic acids is 1. The molecular weight excluding hydrogens is 631 g/mol. The van der Waals surface area contributed by atoms with E-state index < -0.39 is 74.7 Å². The van der Waals surface area contributed by atoms with Crippen molar-refractivity contribution in [2.45, 2.75) is 76.7 Å². The molecule has 3 aromatic rings. The summed E-state index contributed by atoms with van der Waals surface area (Å²) in [6.45, 7) is 4.51. The van der Waals surface area contributed by atoms with Crippen molar-refractivity contribution in [1.29, 1.82) is 0 Å². The highest BCUT2D eigenvalue weighted by Crippen LogP contribution is 2.33. The molecule has 0 heterocycles. The van der Waals surface area contributed by atoms with E-state index in [2.05, 4.69) is 0 Å². The summed E-state index contributed by atoms with van der Waals surface area (Å²) < 4.78 is 84.4. The lowest BCUT2D eigenvalue weighted by atomic mass is 9.84. The summed E-state index contributed by atoms with van der Waals surface area (Å²) in [5.74, 6) is -13.9. The molecule has 0 saturated heterocycles. The molecule has 0 bridgehead atoms. The molecule has 1 aliphatic rings. The minimum absolute atomic E-state index is 0.0623. The maximum Gasteiger partial charge on any atom is 0.339 e. The number of amides is 1. The molecule has 1 atom stereocenters. The third kappa shape index (κ3) is 8.30. The van der Waals surface area contributed by atoms with Gasteiger partial charge in [0.15, 0.2) is 23.3 Å². The topological polar surface area (TPSA) is 98.2 Å². The molecule has 0 radical (unpaired) electrons. The predicted molar refractivity (Wildman–Crippen MR) is 164 cm³/mol. The van der Waals surface area contributed by atoms with Crippen molar-refractivity contribution in [2.24, 2.45) is 0 Å². The Bertz CT molecular complexity index is 1540. The highest BCUT2D eigenvalue weighted by Gasteiger charge is 2.33. The second-order valence-corrected chi connectivity index (χ2v) is 12.0. The summed E-state index contributed by atoms with van der Waals surface area (Å²) >= 11 is 0. The number of nitrogens with zero attached hydrogens (tertiary/aromatic N) is 2. The fraction of sp³-hybridized carbons (Fsp3) is 0.394. The number of hydrogen-bond donors (Lipinski definition) is 2. The van der Waals surface area contributed by atoms with Crippen molar-refractivity contribution in [2.75, 3.05) is 18.0 Å². The van der Waals surface area contributed by atoms with Gasteiger partial charge in [-0.25, -0.2) is 35.3 Å². The summed E-state index contributed by atoms with van der Waals surface area (Å²) in [5, 5.41) is 19.6. The van der Waals surface area contributed by atoms with Crippen LogP contribution in [0, 0.1) is 29.1 Å². The molecular formula is C33H37F5N2O5S. The van der Waals surface area contributed by atoms with Crippen molar-refractivity contribution in [3.05, 3.63) is 88.2 Å². The number of carbonyl (C=O) groups excluding carboxylic acids is 1. The highest BCUT2D eigenvalue weighted by atomic mass is 32.2. The van der Waals surface area contributed by atoms with Crippen LogP contribution < -0.4 is 4.90 Å². The van der Waals surface area contributed by atoms with Crippen LogP contribution >= 0.6 is 0 Å². The monoisotopic (exact) mass is 668 g/mol. The van der Waals surface area contributed by atoms with Crippen molar-refractivity contribution in [1.82, 2.24) is 4.31 Å². The number of benzene rings is 3. The van der Waals surface area contributed by atoms with E-state index in [1.165, 1.54) is 12.5 Å². The Morgan fingerprint density at radius 3 is 1.96 bits per heavy atom. The predicted octanol–water partition coefficient (Wildman–Crippen LogP) is 7.83. The quantitative estimate of drug-likeness (QED) is 0.123. The third-order valence-electron chi connectivity index (χ3n) is 7.58. The summed E-state index contributed by atoms with van der Waals surface area (Å²) in [5.41, 5.74) is 1.45. The van der Waals surface area contributed by atoms with Gasteiger partial charge in [-0.1, -0.05) is 64.3 Å². The molecule has 46 heavy (non-hydrogen) atoms. The molecule has 250 valence electrons. The molecule has 3 aromatic carbocycles. The van der Waals surface area contributed by atoms with E-state index in [1.807, 2.05) is 38.1 Å². The first kappa shape index (κ1) is 36.6. The lowest BCUT2D eigenvalue weighted by Crippen LogP contribution is -2.41. The Labute approximate surface area is 267 Å². The number of carboxylic acid groups (broad SMARTS) is 1. The van der Waals surface area contributed by atoms with Gasteiger partial charge in [-0.15, -0.1) is 0 Å². The van der Waals surface area contributed by atoms with Crippen LogP contribution in [0.1, 0.15) is 86.7 Å². The molecule has 1 saturated carbocycles. The average Bonchev–Trinajstić information content (AvgIpc) is 3.06. The fourth-order valence-electron chi connectivity index (χ4n) is 5.28. The Hall–Kier alpha value is -3.84. The molecule has 1 unspecified atom stereocenters. The SMILES string of the molecule is CC.CCCN(CC(=O)N(Cc1ccc(C2CCCCC2)cc1)c1ccc(C(=O)O)c(O)c1)S(=O)c1c(F)c(F)c(F)c(F)c1F. The van der Waals surface area contributed by atoms with Crippen LogP contribution in [-0.4, -0.2) is 43.7 Å². The number of carbonyl (C=O) groups is 2. The fourth-order valence-corrected chi connectivity index (χ4v) is 6.60. The third-order valence-corrected chi connectivity index (χ3v) is 9.07. The molecule has 1 amide bonds. The molecule has 0 spiro atoms. The summed E-state index contributed by atoms with van der Waals surface area (Å²) in [6.07, 6.45) is 5.84. The van der Waals surface area contributed by atoms with Crippen molar-refractivity contribution >= 4 is 28.5 Å². The first-order valence-electron chi connectivity index (χ1n) is 15.1. The normalized spacial score (nSPS) is 14.0. The van der Waals surface area contributed by atoms with Crippen molar-refractivity contribution in [3.8, 4) is 5.75 Å². The molecule has 2 N–H and O–H groups in total. The number of hydrogen-bond acceptors (Lipinski definition) is 4. The van der Waals surface area contributed by atoms with Crippen LogP contribution in [0.15, 0.2) is 47.4 Å². The zero-order valence-corrected chi connectivity index (χ0v) is 26.6. The second kappa shape index (κ2) is 16.6. The maximum absolute atomic E-state index is 14.5. The van der Waals surface area contributed by atoms with Crippen LogP contribution in [0.4, 0.5) is 27.6 Å². The minimum atomic E-state index is -2.97. The van der Waals surface area contributed by atoms with Gasteiger partial charge in [-0.05, 0) is 48.4 Å². The van der Waals surface area contributed by atoms with Gasteiger partial charge in [0, 0.05) is 18.3 Å². The standard InChI is InChI=1S/C31H31F5N2O5S.C2H6/c1-2-14-37(44(43)30-28(35)26(33)25(32)27(34)29(30)36)17-24(40)38(21-12-13-22(31(41)42)23(39)15-21)16-18-8-10-20(11-9-18)19-6-4-3-5-7-19;1-2/h8-13,15,19,39H,2-7,14,16-17H2,1H3,(H,41,42);1-2H3. The van der Waals surface area contributed by atoms with Gasteiger partial charge >= 0.3 is 5.97 Å². The Kier molecular flexibility index (Phi) is 13.2. The Morgan fingerprint density at radius 1 is 0.870 bits per heavy atom. The number of anilines is 1. The number of rotatable bonds is 11. The second-order valence-electron chi connectivity index (χ2n) is 10.6. The van der Waals surface area contributed by atoms with E-state index in [1.54, 1.807) is 6.92 Å². The smallest absolute Gasteiger partial charge is 0.339 e. The van der Waals surface area contributed by atoms with Gasteiger partial charge in [0.1, 0.15) is 27.2 Å². The van der Waals surface area contributed by atoms with Crippen molar-refractivity contribution < 1.29 is 46.0 Å². The molecule has 7 nitrogen and oxygen atoms in total. The highest BCUT2D eigenvalue weighted by molar-refractivity contribution is 7.82. The van der Waals surface area contributed by atoms with Gasteiger partial charge in [0.05, 0.1) is 13.1 Å². The van der Waals surface area contributed by atoms with E-state index in [9.17, 15) is 46.0 Å². The summed E-state index contributed by atoms with van der Waals surface area (Å²) in [7, 11) is -2.97. The molecule has 1 aliphatic carbocycles. The lowest BCUT2D eigenvalue weighted by molar-refractivity contribution is -0.118. The average molecular weight is 669 g/mol. The van der Waals surface area contributed by atoms with E-state index in [0.717, 1.165) is 52.6 Å². The van der Waals surface area contributed by atoms with Gasteiger partial charge in [0.25, 0.3) is 0 Å². The van der Waals surface area contributed by atoms with Gasteiger partial charge in [0.2, 0.25) is 11.7 Å². The maximum atomic E-state index is 14.5. The number of aromatic carboxylic acids is 1. The first-order chi connectivity index (χ1) is 21.9. The number of aromatic hydroxyl groups is 1. The van der Waals surface area contributed by atoms with Crippen LogP contribution in [0.5, 0.6) is 5.75 Å². The van der Waals surface area contributed by atoms with Crippen LogP contribution in [0.25, 0.3) is 0 Å². The molecule has 0 aliphatic heterocycles. The number of halogens is 5. The van der Waals surface area contributed by atoms with Gasteiger partial charge < -0.3 is 15.1 Å². The van der Waals surface area contributed by atoms with Gasteiger partial charge in [-0.2, -0.15) is 0 Å². The van der Waals surface area contributed by atoms with Crippen LogP contribution in [-0.2, 0) is 22.3 Å². The Balaban J connectivity index is 0.00000282.